The Hall–Kier alpha value is -3.99. The van der Waals surface area contributed by atoms with E-state index in [4.69, 9.17) is 25.8 Å². The zero-order chi connectivity index (χ0) is 30.2. The third-order valence-corrected chi connectivity index (χ3v) is 7.51. The van der Waals surface area contributed by atoms with Crippen LogP contribution in [0.5, 0.6) is 5.75 Å². The van der Waals surface area contributed by atoms with Crippen molar-refractivity contribution in [1.82, 2.24) is 4.98 Å². The third kappa shape index (κ3) is 7.44. The number of pyridine rings is 1. The normalized spacial score (nSPS) is 15.2. The molecule has 0 N–H and O–H groups in total. The van der Waals surface area contributed by atoms with Crippen LogP contribution < -0.4 is 9.64 Å². The van der Waals surface area contributed by atoms with Crippen molar-refractivity contribution in [3.05, 3.63) is 63.7 Å². The van der Waals surface area contributed by atoms with Gasteiger partial charge in [-0.3, -0.25) is 9.78 Å². The van der Waals surface area contributed by atoms with Crippen LogP contribution in [0.15, 0.2) is 41.7 Å². The quantitative estimate of drug-likeness (QED) is 0.270. The lowest BCUT2D eigenvalue weighted by Gasteiger charge is -2.28. The molecule has 0 unspecified atom stereocenters. The van der Waals surface area contributed by atoms with E-state index in [1.165, 1.54) is 38.7 Å². The Morgan fingerprint density at radius 2 is 1.67 bits per heavy atom. The molecule has 0 bridgehead atoms. The molecule has 0 spiro atoms. The minimum Gasteiger partial charge on any atom is -0.480 e. The van der Waals surface area contributed by atoms with Gasteiger partial charge < -0.3 is 23.8 Å². The molecule has 0 saturated heterocycles. The molecule has 2 aliphatic rings. The van der Waals surface area contributed by atoms with Crippen molar-refractivity contribution < 1.29 is 42.5 Å². The Labute approximate surface area is 247 Å². The summed E-state index contributed by atoms with van der Waals surface area (Å²) in [6.07, 6.45) is 8.09. The summed E-state index contributed by atoms with van der Waals surface area (Å²) in [6.45, 7) is -0.719. The molecule has 1 aromatic carbocycles. The van der Waals surface area contributed by atoms with Crippen LogP contribution in [0.2, 0.25) is 5.02 Å². The number of hydrogen-bond acceptors (Lipinski definition) is 9. The van der Waals surface area contributed by atoms with Gasteiger partial charge in [0.1, 0.15) is 17.7 Å². The van der Waals surface area contributed by atoms with Crippen molar-refractivity contribution in [2.45, 2.75) is 64.0 Å². The summed E-state index contributed by atoms with van der Waals surface area (Å²) in [4.78, 5) is 56.4. The minimum absolute atomic E-state index is 0.0591. The first-order valence-electron chi connectivity index (χ1n) is 13.7. The molecule has 0 atom stereocenters. The lowest BCUT2D eigenvalue weighted by molar-refractivity contribution is -0.144. The summed E-state index contributed by atoms with van der Waals surface area (Å²) in [6, 6.07) is 3.65. The van der Waals surface area contributed by atoms with Gasteiger partial charge in [-0.2, -0.15) is 0 Å². The maximum atomic E-state index is 15.5. The fourth-order valence-corrected chi connectivity index (χ4v) is 5.25. The second-order valence-corrected chi connectivity index (χ2v) is 10.4. The second kappa shape index (κ2) is 14.3. The van der Waals surface area contributed by atoms with E-state index >= 15 is 4.39 Å². The molecule has 4 rings (SSSR count). The van der Waals surface area contributed by atoms with Crippen LogP contribution in [-0.4, -0.2) is 55.7 Å². The Kier molecular flexibility index (Phi) is 10.5. The highest BCUT2D eigenvalue weighted by Gasteiger charge is 2.32. The summed E-state index contributed by atoms with van der Waals surface area (Å²) in [5, 5.41) is -0.125. The van der Waals surface area contributed by atoms with Gasteiger partial charge in [0.15, 0.2) is 6.61 Å². The Morgan fingerprint density at radius 1 is 0.952 bits per heavy atom. The summed E-state index contributed by atoms with van der Waals surface area (Å²) in [7, 11) is 2.42. The van der Waals surface area contributed by atoms with Gasteiger partial charge in [-0.1, -0.05) is 11.6 Å². The Morgan fingerprint density at radius 3 is 2.36 bits per heavy atom. The average molecular weight is 603 g/mol. The molecule has 2 aliphatic carbocycles. The number of rotatable bonds is 10. The van der Waals surface area contributed by atoms with Crippen molar-refractivity contribution >= 4 is 41.1 Å². The highest BCUT2D eigenvalue weighted by atomic mass is 35.5. The van der Waals surface area contributed by atoms with Gasteiger partial charge in [0.05, 0.1) is 37.0 Å². The number of nitrogens with zero attached hydrogens (tertiary/aromatic N) is 2. The smallest absolute Gasteiger partial charge is 0.343 e. The predicted molar refractivity (Wildman–Crippen MR) is 150 cm³/mol. The number of anilines is 1. The van der Waals surface area contributed by atoms with Gasteiger partial charge in [-0.05, 0) is 69.1 Å². The molecule has 10 nitrogen and oxygen atoms in total. The number of methoxy groups -OCH3 is 2. The van der Waals surface area contributed by atoms with E-state index in [9.17, 15) is 19.2 Å². The molecule has 1 amide bonds. The Balaban J connectivity index is 1.76. The third-order valence-electron chi connectivity index (χ3n) is 7.22. The predicted octanol–water partition coefficient (Wildman–Crippen LogP) is 5.10. The second-order valence-electron chi connectivity index (χ2n) is 10.0. The van der Waals surface area contributed by atoms with E-state index in [0.29, 0.717) is 31.2 Å². The number of carbonyl (C=O) groups is 4. The fourth-order valence-electron chi connectivity index (χ4n) is 5.04. The monoisotopic (exact) mass is 602 g/mol. The van der Waals surface area contributed by atoms with Gasteiger partial charge in [-0.15, -0.1) is 0 Å². The van der Waals surface area contributed by atoms with Gasteiger partial charge in [0.2, 0.25) is 0 Å². The van der Waals surface area contributed by atoms with E-state index in [1.54, 1.807) is 0 Å². The zero-order valence-electron chi connectivity index (χ0n) is 23.5. The molecular formula is C30H32ClFN2O8. The van der Waals surface area contributed by atoms with Crippen LogP contribution in [0.25, 0.3) is 0 Å². The van der Waals surface area contributed by atoms with Crippen LogP contribution in [0.1, 0.15) is 67.3 Å². The summed E-state index contributed by atoms with van der Waals surface area (Å²) >= 11 is 6.19. The number of carbonyl (C=O) groups excluding carboxylic acids is 4. The van der Waals surface area contributed by atoms with E-state index in [-0.39, 0.29) is 45.8 Å². The number of halogens is 2. The standard InChI is InChI=1S/C30H32ClFN2O8/c1-39-27(35)17-41-26-13-25(24(32)12-23(26)31)34(16-18-11-19(15-33-14-18)29(37)40-2)28(36)21-9-5-6-10-22(21)30(38)42-20-7-3-4-8-20/h11-15,20H,3-10,16-17H2,1-2H3. The van der Waals surface area contributed by atoms with Crippen LogP contribution in [0.4, 0.5) is 10.1 Å². The van der Waals surface area contributed by atoms with Crippen LogP contribution in [0.3, 0.4) is 0 Å². The number of hydrogen-bond donors (Lipinski definition) is 0. The van der Waals surface area contributed by atoms with Crippen molar-refractivity contribution in [1.29, 1.82) is 0 Å². The van der Waals surface area contributed by atoms with Gasteiger partial charge in [0.25, 0.3) is 5.91 Å². The fraction of sp³-hybridized carbons (Fsp3) is 0.433. The number of aromatic nitrogens is 1. The number of esters is 3. The topological polar surface area (TPSA) is 121 Å². The molecule has 0 radical (unpaired) electrons. The number of amides is 1. The molecule has 1 aromatic heterocycles. The van der Waals surface area contributed by atoms with Crippen molar-refractivity contribution in [2.24, 2.45) is 0 Å². The van der Waals surface area contributed by atoms with Crippen molar-refractivity contribution in [3.8, 4) is 5.75 Å². The number of benzene rings is 1. The molecule has 1 fully saturated rings. The maximum absolute atomic E-state index is 15.5. The number of ether oxygens (including phenoxy) is 4. The first-order valence-corrected chi connectivity index (χ1v) is 14.0. The minimum atomic E-state index is -0.845. The van der Waals surface area contributed by atoms with E-state index in [1.807, 2.05) is 0 Å². The molecule has 1 saturated carbocycles. The van der Waals surface area contributed by atoms with Crippen LogP contribution in [0, 0.1) is 5.82 Å². The SMILES string of the molecule is COC(=O)COc1cc(N(Cc2cncc(C(=O)OC)c2)C(=O)C2=C(C(=O)OC3CCCC3)CCCC2)c(F)cc1Cl. The van der Waals surface area contributed by atoms with E-state index in [2.05, 4.69) is 9.72 Å². The summed E-state index contributed by atoms with van der Waals surface area (Å²) in [5.74, 6) is -3.37. The molecule has 0 aliphatic heterocycles. The highest BCUT2D eigenvalue weighted by molar-refractivity contribution is 6.32. The lowest BCUT2D eigenvalue weighted by Crippen LogP contribution is -2.35. The van der Waals surface area contributed by atoms with Crippen LogP contribution >= 0.6 is 11.6 Å². The average Bonchev–Trinajstić information content (AvgIpc) is 3.52. The van der Waals surface area contributed by atoms with Crippen LogP contribution in [-0.2, 0) is 35.1 Å². The zero-order valence-corrected chi connectivity index (χ0v) is 24.2. The molecule has 224 valence electrons. The Bertz CT molecular complexity index is 1390. The van der Waals surface area contributed by atoms with Crippen molar-refractivity contribution in [2.75, 3.05) is 25.7 Å². The molecule has 42 heavy (non-hydrogen) atoms. The van der Waals surface area contributed by atoms with Gasteiger partial charge >= 0.3 is 17.9 Å². The molecule has 1 heterocycles. The summed E-state index contributed by atoms with van der Waals surface area (Å²) in [5.41, 5.74) is 0.825. The lowest BCUT2D eigenvalue weighted by atomic mass is 9.90. The first kappa shape index (κ1) is 31.0. The largest absolute Gasteiger partial charge is 0.480 e. The molecule has 2 aromatic rings. The van der Waals surface area contributed by atoms with Gasteiger partial charge in [0, 0.05) is 29.6 Å². The highest BCUT2D eigenvalue weighted by Crippen LogP contribution is 2.36. The van der Waals surface area contributed by atoms with Crippen molar-refractivity contribution in [3.63, 3.8) is 0 Å². The summed E-state index contributed by atoms with van der Waals surface area (Å²) < 4.78 is 36.1. The van der Waals surface area contributed by atoms with E-state index < -0.39 is 36.2 Å². The van der Waals surface area contributed by atoms with Gasteiger partial charge in [-0.25, -0.2) is 18.8 Å². The maximum Gasteiger partial charge on any atom is 0.343 e. The molecular weight excluding hydrogens is 571 g/mol. The molecule has 12 heteroatoms. The van der Waals surface area contributed by atoms with E-state index in [0.717, 1.165) is 36.6 Å². The first-order chi connectivity index (χ1) is 20.2.